The van der Waals surface area contributed by atoms with E-state index in [0.29, 0.717) is 5.41 Å². The topological polar surface area (TPSA) is 32.3 Å². The lowest BCUT2D eigenvalue weighted by Gasteiger charge is -2.47. The Kier molecular flexibility index (Phi) is 2.07. The molecule has 1 spiro atoms. The lowest BCUT2D eigenvalue weighted by Crippen LogP contribution is -2.59. The number of likely N-dealkylation sites (tertiary alicyclic amines) is 1. The fourth-order valence-electron chi connectivity index (χ4n) is 2.53. The number of thiophene rings is 1. The van der Waals surface area contributed by atoms with E-state index in [1.165, 1.54) is 17.8 Å². The van der Waals surface area contributed by atoms with Crippen LogP contribution in [-0.4, -0.2) is 37.0 Å². The van der Waals surface area contributed by atoms with Crippen molar-refractivity contribution in [2.45, 2.75) is 6.42 Å². The SMILES string of the molecule is O=C(c1cccs1)N1CC2(CCNC2)C1. The van der Waals surface area contributed by atoms with Crippen LogP contribution in [0.1, 0.15) is 16.1 Å². The van der Waals surface area contributed by atoms with Gasteiger partial charge in [0.2, 0.25) is 0 Å². The minimum atomic E-state index is 0.211. The summed E-state index contributed by atoms with van der Waals surface area (Å²) in [6, 6.07) is 3.84. The Morgan fingerprint density at radius 2 is 2.40 bits per heavy atom. The van der Waals surface area contributed by atoms with Crippen molar-refractivity contribution < 1.29 is 4.79 Å². The average molecular weight is 222 g/mol. The minimum absolute atomic E-state index is 0.211. The monoisotopic (exact) mass is 222 g/mol. The van der Waals surface area contributed by atoms with Crippen molar-refractivity contribution in [1.29, 1.82) is 0 Å². The maximum Gasteiger partial charge on any atom is 0.263 e. The molecule has 3 rings (SSSR count). The third-order valence-electron chi connectivity index (χ3n) is 3.40. The molecule has 2 fully saturated rings. The zero-order valence-electron chi connectivity index (χ0n) is 8.53. The van der Waals surface area contributed by atoms with Crippen molar-refractivity contribution in [2.75, 3.05) is 26.2 Å². The van der Waals surface area contributed by atoms with E-state index >= 15 is 0 Å². The number of rotatable bonds is 1. The fraction of sp³-hybridized carbons (Fsp3) is 0.545. The van der Waals surface area contributed by atoms with Crippen molar-refractivity contribution in [3.63, 3.8) is 0 Å². The summed E-state index contributed by atoms with van der Waals surface area (Å²) in [5.41, 5.74) is 0.410. The van der Waals surface area contributed by atoms with Crippen LogP contribution in [0.5, 0.6) is 0 Å². The summed E-state index contributed by atoms with van der Waals surface area (Å²) in [5.74, 6) is 0.211. The molecule has 2 aliphatic heterocycles. The van der Waals surface area contributed by atoms with Gasteiger partial charge in [0.15, 0.2) is 0 Å². The van der Waals surface area contributed by atoms with Crippen LogP contribution in [0.15, 0.2) is 17.5 Å². The molecule has 4 heteroatoms. The summed E-state index contributed by atoms with van der Waals surface area (Å²) in [6.45, 7) is 4.08. The molecule has 0 unspecified atom stereocenters. The van der Waals surface area contributed by atoms with Crippen molar-refractivity contribution in [1.82, 2.24) is 10.2 Å². The molecule has 0 saturated carbocycles. The number of hydrogen-bond donors (Lipinski definition) is 1. The lowest BCUT2D eigenvalue weighted by atomic mass is 9.79. The second-order valence-corrected chi connectivity index (χ2v) is 5.51. The number of hydrogen-bond acceptors (Lipinski definition) is 3. The molecule has 0 aliphatic carbocycles. The van der Waals surface area contributed by atoms with Crippen LogP contribution in [0.3, 0.4) is 0 Å². The van der Waals surface area contributed by atoms with Crippen LogP contribution in [0.2, 0.25) is 0 Å². The van der Waals surface area contributed by atoms with Crippen molar-refractivity contribution in [3.05, 3.63) is 22.4 Å². The fourth-order valence-corrected chi connectivity index (χ4v) is 3.22. The summed E-state index contributed by atoms with van der Waals surface area (Å²) < 4.78 is 0. The molecule has 0 radical (unpaired) electrons. The quantitative estimate of drug-likeness (QED) is 0.774. The molecule has 0 atom stereocenters. The number of amides is 1. The molecule has 3 heterocycles. The summed E-state index contributed by atoms with van der Waals surface area (Å²) >= 11 is 1.53. The normalized spacial score (nSPS) is 23.1. The first-order valence-electron chi connectivity index (χ1n) is 5.33. The highest BCUT2D eigenvalue weighted by molar-refractivity contribution is 7.12. The first-order valence-corrected chi connectivity index (χ1v) is 6.21. The van der Waals surface area contributed by atoms with Gasteiger partial charge in [-0.3, -0.25) is 4.79 Å². The maximum atomic E-state index is 11.9. The Hall–Kier alpha value is -0.870. The highest BCUT2D eigenvalue weighted by Crippen LogP contribution is 2.37. The van der Waals surface area contributed by atoms with Crippen LogP contribution in [-0.2, 0) is 0 Å². The van der Waals surface area contributed by atoms with Gasteiger partial charge in [-0.1, -0.05) is 6.07 Å². The van der Waals surface area contributed by atoms with Crippen LogP contribution in [0, 0.1) is 5.41 Å². The van der Waals surface area contributed by atoms with Crippen molar-refractivity contribution in [2.24, 2.45) is 5.41 Å². The molecule has 1 amide bonds. The predicted octanol–water partition coefficient (Wildman–Crippen LogP) is 1.18. The third-order valence-corrected chi connectivity index (χ3v) is 4.26. The molecule has 3 nitrogen and oxygen atoms in total. The molecule has 0 bridgehead atoms. The Bertz CT molecular complexity index is 360. The van der Waals surface area contributed by atoms with E-state index in [-0.39, 0.29) is 5.91 Å². The second-order valence-electron chi connectivity index (χ2n) is 4.57. The maximum absolute atomic E-state index is 11.9. The van der Waals surface area contributed by atoms with E-state index in [2.05, 4.69) is 5.32 Å². The van der Waals surface area contributed by atoms with E-state index in [9.17, 15) is 4.79 Å². The van der Waals surface area contributed by atoms with E-state index in [0.717, 1.165) is 31.1 Å². The van der Waals surface area contributed by atoms with E-state index in [1.54, 1.807) is 0 Å². The standard InChI is InChI=1S/C11H14N2OS/c14-10(9-2-1-5-15-9)13-7-11(8-13)3-4-12-6-11/h1-2,5,12H,3-4,6-8H2. The number of nitrogens with one attached hydrogen (secondary N) is 1. The molecule has 0 aromatic carbocycles. The first-order chi connectivity index (χ1) is 7.29. The molecule has 2 aliphatic rings. The molecular weight excluding hydrogens is 208 g/mol. The predicted molar refractivity (Wildman–Crippen MR) is 60.1 cm³/mol. The summed E-state index contributed by atoms with van der Waals surface area (Å²) in [6.07, 6.45) is 1.22. The van der Waals surface area contributed by atoms with E-state index in [4.69, 9.17) is 0 Å². The van der Waals surface area contributed by atoms with Crippen LogP contribution in [0.4, 0.5) is 0 Å². The van der Waals surface area contributed by atoms with Gasteiger partial charge in [0, 0.05) is 25.0 Å². The van der Waals surface area contributed by atoms with Gasteiger partial charge in [0.25, 0.3) is 5.91 Å². The molecule has 2 saturated heterocycles. The van der Waals surface area contributed by atoms with Crippen LogP contribution < -0.4 is 5.32 Å². The highest BCUT2D eigenvalue weighted by atomic mass is 32.1. The molecule has 1 aromatic rings. The Balaban J connectivity index is 1.65. The minimum Gasteiger partial charge on any atom is -0.337 e. The molecule has 80 valence electrons. The van der Waals surface area contributed by atoms with E-state index in [1.807, 2.05) is 22.4 Å². The van der Waals surface area contributed by atoms with Gasteiger partial charge in [-0.05, 0) is 24.4 Å². The van der Waals surface area contributed by atoms with E-state index < -0.39 is 0 Å². The molecule has 1 aromatic heterocycles. The zero-order chi connectivity index (χ0) is 10.3. The van der Waals surface area contributed by atoms with Gasteiger partial charge < -0.3 is 10.2 Å². The van der Waals surface area contributed by atoms with Gasteiger partial charge >= 0.3 is 0 Å². The summed E-state index contributed by atoms with van der Waals surface area (Å²) in [5, 5.41) is 5.33. The molecular formula is C11H14N2OS. The number of carbonyl (C=O) groups excluding carboxylic acids is 1. The number of nitrogens with zero attached hydrogens (tertiary/aromatic N) is 1. The van der Waals surface area contributed by atoms with Crippen molar-refractivity contribution >= 4 is 17.2 Å². The largest absolute Gasteiger partial charge is 0.337 e. The van der Waals surface area contributed by atoms with Crippen LogP contribution >= 0.6 is 11.3 Å². The smallest absolute Gasteiger partial charge is 0.263 e. The van der Waals surface area contributed by atoms with Crippen molar-refractivity contribution in [3.8, 4) is 0 Å². The lowest BCUT2D eigenvalue weighted by molar-refractivity contribution is 0.0163. The Morgan fingerprint density at radius 1 is 1.53 bits per heavy atom. The van der Waals surface area contributed by atoms with Gasteiger partial charge in [-0.25, -0.2) is 0 Å². The Morgan fingerprint density at radius 3 is 3.00 bits per heavy atom. The van der Waals surface area contributed by atoms with Gasteiger partial charge in [-0.15, -0.1) is 11.3 Å². The summed E-state index contributed by atoms with van der Waals surface area (Å²) in [7, 11) is 0. The molecule has 15 heavy (non-hydrogen) atoms. The van der Waals surface area contributed by atoms with Crippen LogP contribution in [0.25, 0.3) is 0 Å². The first kappa shape index (κ1) is 9.36. The third kappa shape index (κ3) is 1.48. The van der Waals surface area contributed by atoms with Gasteiger partial charge in [0.05, 0.1) is 4.88 Å². The van der Waals surface area contributed by atoms with Gasteiger partial charge in [0.1, 0.15) is 0 Å². The summed E-state index contributed by atoms with van der Waals surface area (Å²) in [4.78, 5) is 14.8. The average Bonchev–Trinajstić information content (AvgIpc) is 2.85. The van der Waals surface area contributed by atoms with Gasteiger partial charge in [-0.2, -0.15) is 0 Å². The highest BCUT2D eigenvalue weighted by Gasteiger charge is 2.46. The Labute approximate surface area is 93.1 Å². The molecule has 1 N–H and O–H groups in total. The second kappa shape index (κ2) is 3.32. The zero-order valence-corrected chi connectivity index (χ0v) is 9.35. The number of carbonyl (C=O) groups is 1.